The summed E-state index contributed by atoms with van der Waals surface area (Å²) in [7, 11) is 0. The third-order valence-electron chi connectivity index (χ3n) is 5.59. The molecule has 1 fully saturated rings. The molecule has 2 N–H and O–H groups in total. The van der Waals surface area contributed by atoms with Crippen molar-refractivity contribution >= 4 is 42.9 Å². The molecule has 1 aromatic carbocycles. The monoisotopic (exact) mass is 532 g/mol. The number of benzene rings is 1. The quantitative estimate of drug-likeness (QED) is 0.403. The number of aryl methyl sites for hydroxylation is 1. The first-order valence-electron chi connectivity index (χ1n) is 11.4. The Kier molecular flexibility index (Phi) is 9.68. The van der Waals surface area contributed by atoms with Crippen LogP contribution in [0.2, 0.25) is 5.02 Å². The van der Waals surface area contributed by atoms with E-state index in [1.165, 1.54) is 0 Å². The van der Waals surface area contributed by atoms with Crippen LogP contribution in [0.25, 0.3) is 5.82 Å². The van der Waals surface area contributed by atoms with Crippen LogP contribution in [0.15, 0.2) is 36.9 Å². The van der Waals surface area contributed by atoms with Crippen molar-refractivity contribution in [2.24, 2.45) is 0 Å². The SMILES string of the molecule is CCC(=O)OCc1c(Cl)cccc1CNC(=O)c1cn(-c2nc(NC3CCOC3)ncc2C)cn1.S. The van der Waals surface area contributed by atoms with E-state index in [1.54, 1.807) is 42.3 Å². The Bertz CT molecular complexity index is 1220. The average molecular weight is 533 g/mol. The van der Waals surface area contributed by atoms with Crippen LogP contribution in [-0.2, 0) is 27.4 Å². The van der Waals surface area contributed by atoms with Gasteiger partial charge in [-0.2, -0.15) is 18.5 Å². The van der Waals surface area contributed by atoms with Gasteiger partial charge in [-0.1, -0.05) is 30.7 Å². The Morgan fingerprint density at radius 3 is 2.89 bits per heavy atom. The smallest absolute Gasteiger partial charge is 0.305 e. The van der Waals surface area contributed by atoms with Crippen LogP contribution in [0.4, 0.5) is 5.95 Å². The van der Waals surface area contributed by atoms with Gasteiger partial charge in [0, 0.05) is 48.1 Å². The Hall–Kier alpha value is -3.15. The minimum atomic E-state index is -0.353. The van der Waals surface area contributed by atoms with Gasteiger partial charge < -0.3 is 20.1 Å². The van der Waals surface area contributed by atoms with E-state index in [0.29, 0.717) is 29.0 Å². The molecule has 1 aliphatic heterocycles. The normalized spacial score (nSPS) is 14.7. The van der Waals surface area contributed by atoms with Gasteiger partial charge in [0.2, 0.25) is 5.95 Å². The molecule has 0 aliphatic carbocycles. The molecular formula is C24H29ClN6O4S. The second kappa shape index (κ2) is 12.7. The second-order valence-corrected chi connectivity index (χ2v) is 8.55. The molecule has 192 valence electrons. The summed E-state index contributed by atoms with van der Waals surface area (Å²) in [5.74, 6) is 0.453. The van der Waals surface area contributed by atoms with E-state index in [2.05, 4.69) is 25.6 Å². The lowest BCUT2D eigenvalue weighted by atomic mass is 10.1. The lowest BCUT2D eigenvalue weighted by molar-refractivity contribution is -0.144. The predicted molar refractivity (Wildman–Crippen MR) is 140 cm³/mol. The molecule has 1 amide bonds. The number of anilines is 1. The molecule has 4 rings (SSSR count). The van der Waals surface area contributed by atoms with Crippen molar-refractivity contribution in [3.63, 3.8) is 0 Å². The molecule has 1 unspecified atom stereocenters. The van der Waals surface area contributed by atoms with Crippen LogP contribution in [-0.4, -0.2) is 50.7 Å². The molecule has 2 aromatic heterocycles. The number of nitrogens with zero attached hydrogens (tertiary/aromatic N) is 4. The van der Waals surface area contributed by atoms with E-state index < -0.39 is 0 Å². The topological polar surface area (TPSA) is 120 Å². The highest BCUT2D eigenvalue weighted by molar-refractivity contribution is 7.59. The van der Waals surface area contributed by atoms with Crippen molar-refractivity contribution in [1.29, 1.82) is 0 Å². The Balaban J connectivity index is 0.00000361. The number of esters is 1. The van der Waals surface area contributed by atoms with E-state index in [-0.39, 0.29) is 56.7 Å². The molecule has 3 aromatic rings. The van der Waals surface area contributed by atoms with Crippen molar-refractivity contribution in [1.82, 2.24) is 24.8 Å². The van der Waals surface area contributed by atoms with E-state index >= 15 is 0 Å². The molecule has 0 bridgehead atoms. The van der Waals surface area contributed by atoms with Crippen molar-refractivity contribution in [2.45, 2.75) is 45.9 Å². The molecule has 0 saturated carbocycles. The van der Waals surface area contributed by atoms with Gasteiger partial charge in [-0.05, 0) is 25.0 Å². The third kappa shape index (κ3) is 6.74. The Morgan fingerprint density at radius 1 is 1.31 bits per heavy atom. The van der Waals surface area contributed by atoms with Crippen molar-refractivity contribution in [2.75, 3.05) is 18.5 Å². The van der Waals surface area contributed by atoms with Crippen LogP contribution in [0.5, 0.6) is 0 Å². The van der Waals surface area contributed by atoms with Gasteiger partial charge in [-0.25, -0.2) is 9.97 Å². The fourth-order valence-corrected chi connectivity index (χ4v) is 3.85. The molecule has 3 heterocycles. The van der Waals surface area contributed by atoms with E-state index in [9.17, 15) is 9.59 Å². The highest BCUT2D eigenvalue weighted by atomic mass is 35.5. The molecule has 0 spiro atoms. The first kappa shape index (κ1) is 27.4. The number of hydrogen-bond donors (Lipinski definition) is 2. The molecule has 1 aliphatic rings. The molecular weight excluding hydrogens is 504 g/mol. The van der Waals surface area contributed by atoms with Crippen molar-refractivity contribution in [3.8, 4) is 5.82 Å². The molecule has 0 radical (unpaired) electrons. The molecule has 1 atom stereocenters. The fourth-order valence-electron chi connectivity index (χ4n) is 3.60. The maximum Gasteiger partial charge on any atom is 0.305 e. The minimum Gasteiger partial charge on any atom is -0.461 e. The summed E-state index contributed by atoms with van der Waals surface area (Å²) in [6.07, 6.45) is 6.07. The number of rotatable bonds is 9. The number of imidazole rings is 1. The van der Waals surface area contributed by atoms with Gasteiger partial charge >= 0.3 is 5.97 Å². The zero-order chi connectivity index (χ0) is 24.8. The summed E-state index contributed by atoms with van der Waals surface area (Å²) in [6, 6.07) is 5.51. The number of amides is 1. The number of halogens is 1. The number of hydrogen-bond acceptors (Lipinski definition) is 8. The number of carbonyl (C=O) groups is 2. The largest absolute Gasteiger partial charge is 0.461 e. The first-order valence-corrected chi connectivity index (χ1v) is 11.7. The lowest BCUT2D eigenvalue weighted by Gasteiger charge is -2.13. The van der Waals surface area contributed by atoms with E-state index in [0.717, 1.165) is 24.2 Å². The van der Waals surface area contributed by atoms with Crippen LogP contribution in [0.1, 0.15) is 46.9 Å². The first-order chi connectivity index (χ1) is 16.9. The Labute approximate surface area is 221 Å². The summed E-state index contributed by atoms with van der Waals surface area (Å²) in [4.78, 5) is 37.5. The minimum absolute atomic E-state index is 0. The van der Waals surface area contributed by atoms with Crippen LogP contribution >= 0.6 is 25.1 Å². The van der Waals surface area contributed by atoms with Crippen LogP contribution in [0, 0.1) is 6.92 Å². The van der Waals surface area contributed by atoms with E-state index in [4.69, 9.17) is 21.1 Å². The number of nitrogens with one attached hydrogen (secondary N) is 2. The molecule has 1 saturated heterocycles. The summed E-state index contributed by atoms with van der Waals surface area (Å²) in [5.41, 5.74) is 2.49. The molecule has 12 heteroatoms. The van der Waals surface area contributed by atoms with Gasteiger partial charge in [0.05, 0.1) is 12.6 Å². The van der Waals surface area contributed by atoms with Gasteiger partial charge in [0.1, 0.15) is 24.4 Å². The second-order valence-electron chi connectivity index (χ2n) is 8.15. The third-order valence-corrected chi connectivity index (χ3v) is 5.94. The maximum absolute atomic E-state index is 12.8. The van der Waals surface area contributed by atoms with Crippen molar-refractivity contribution in [3.05, 3.63) is 64.3 Å². The summed E-state index contributed by atoms with van der Waals surface area (Å²) in [5, 5.41) is 6.60. The predicted octanol–water partition coefficient (Wildman–Crippen LogP) is 3.32. The summed E-state index contributed by atoms with van der Waals surface area (Å²) < 4.78 is 12.3. The fraction of sp³-hybridized carbons (Fsp3) is 0.375. The summed E-state index contributed by atoms with van der Waals surface area (Å²) in [6.45, 7) is 5.20. The maximum atomic E-state index is 12.8. The van der Waals surface area contributed by atoms with Crippen molar-refractivity contribution < 1.29 is 19.1 Å². The highest BCUT2D eigenvalue weighted by Gasteiger charge is 2.18. The van der Waals surface area contributed by atoms with Gasteiger partial charge in [-0.15, -0.1) is 0 Å². The lowest BCUT2D eigenvalue weighted by Crippen LogP contribution is -2.24. The van der Waals surface area contributed by atoms with E-state index in [1.807, 2.05) is 13.0 Å². The van der Waals surface area contributed by atoms with Crippen LogP contribution in [0.3, 0.4) is 0 Å². The van der Waals surface area contributed by atoms with Gasteiger partial charge in [0.25, 0.3) is 5.91 Å². The zero-order valence-corrected chi connectivity index (χ0v) is 21.8. The number of aromatic nitrogens is 4. The standard InChI is InChI=1S/C24H27ClN6O4.H2S/c1-3-21(32)35-13-18-16(5-4-6-19(18)25)10-26-23(33)20-11-31(14-28-20)22-15(2)9-27-24(30-22)29-17-7-8-34-12-17;/h4-6,9,11,14,17H,3,7-8,10,12-13H2,1-2H3,(H,26,33)(H,27,29,30);1H2. The molecule has 10 nitrogen and oxygen atoms in total. The summed E-state index contributed by atoms with van der Waals surface area (Å²) >= 11 is 6.30. The van der Waals surface area contributed by atoms with Crippen LogP contribution < -0.4 is 10.6 Å². The number of ether oxygens (including phenoxy) is 2. The van der Waals surface area contributed by atoms with Gasteiger partial charge in [0.15, 0.2) is 0 Å². The zero-order valence-electron chi connectivity index (χ0n) is 20.1. The average Bonchev–Trinajstić information content (AvgIpc) is 3.55. The van der Waals surface area contributed by atoms with Gasteiger partial charge in [-0.3, -0.25) is 14.2 Å². The number of carbonyl (C=O) groups excluding carboxylic acids is 2. The molecule has 36 heavy (non-hydrogen) atoms. The highest BCUT2D eigenvalue weighted by Crippen LogP contribution is 2.22. The Morgan fingerprint density at radius 2 is 2.14 bits per heavy atom.